The minimum absolute atomic E-state index is 0.0169. The van der Waals surface area contributed by atoms with Gasteiger partial charge in [0, 0.05) is 10.9 Å². The van der Waals surface area contributed by atoms with E-state index in [4.69, 9.17) is 0 Å². The van der Waals surface area contributed by atoms with Crippen LogP contribution in [0.25, 0.3) is 11.3 Å². The summed E-state index contributed by atoms with van der Waals surface area (Å²) in [5.74, 6) is -3.02. The van der Waals surface area contributed by atoms with E-state index in [0.717, 1.165) is 23.5 Å². The Morgan fingerprint density at radius 2 is 2.09 bits per heavy atom. The SMILES string of the molecule is O=C(Nc1nc(-c2ccc(F)c(F)c2)cs1)C1CCS(=O)(=O)C1. The van der Waals surface area contributed by atoms with Crippen molar-refractivity contribution in [2.24, 2.45) is 5.92 Å². The van der Waals surface area contributed by atoms with Crippen LogP contribution in [0.5, 0.6) is 0 Å². The molecule has 1 fully saturated rings. The molecule has 0 spiro atoms. The van der Waals surface area contributed by atoms with Gasteiger partial charge in [-0.05, 0) is 24.6 Å². The zero-order chi connectivity index (χ0) is 16.6. The van der Waals surface area contributed by atoms with Gasteiger partial charge in [0.25, 0.3) is 0 Å². The second-order valence-electron chi connectivity index (χ2n) is 5.26. The quantitative estimate of drug-likeness (QED) is 0.914. The van der Waals surface area contributed by atoms with E-state index < -0.39 is 33.3 Å². The second kappa shape index (κ2) is 5.97. The molecule has 1 N–H and O–H groups in total. The van der Waals surface area contributed by atoms with Crippen molar-refractivity contribution in [1.29, 1.82) is 0 Å². The highest BCUT2D eigenvalue weighted by molar-refractivity contribution is 7.91. The molecule has 23 heavy (non-hydrogen) atoms. The van der Waals surface area contributed by atoms with E-state index in [-0.39, 0.29) is 11.5 Å². The molecule has 1 aliphatic rings. The van der Waals surface area contributed by atoms with Crippen LogP contribution in [-0.4, -0.2) is 30.8 Å². The molecule has 122 valence electrons. The van der Waals surface area contributed by atoms with Crippen molar-refractivity contribution in [2.75, 3.05) is 16.8 Å². The van der Waals surface area contributed by atoms with Crippen molar-refractivity contribution in [3.05, 3.63) is 35.2 Å². The summed E-state index contributed by atoms with van der Waals surface area (Å²) in [5, 5.41) is 4.47. The number of sulfone groups is 1. The molecular weight excluding hydrogens is 346 g/mol. The van der Waals surface area contributed by atoms with Gasteiger partial charge in [0.1, 0.15) is 0 Å². The predicted octanol–water partition coefficient (Wildman–Crippen LogP) is 2.46. The molecule has 0 aliphatic carbocycles. The standard InChI is InChI=1S/C14H12F2N2O3S2/c15-10-2-1-8(5-11(10)16)12-6-22-14(17-12)18-13(19)9-3-4-23(20,21)7-9/h1-2,5-6,9H,3-4,7H2,(H,17,18,19). The summed E-state index contributed by atoms with van der Waals surface area (Å²) in [6.45, 7) is 0. The number of carbonyl (C=O) groups is 1. The van der Waals surface area contributed by atoms with Gasteiger partial charge < -0.3 is 5.32 Å². The number of amides is 1. The summed E-state index contributed by atoms with van der Waals surface area (Å²) in [4.78, 5) is 16.2. The van der Waals surface area contributed by atoms with Gasteiger partial charge in [-0.15, -0.1) is 11.3 Å². The molecule has 1 aromatic carbocycles. The molecule has 1 atom stereocenters. The average molecular weight is 358 g/mol. The number of benzene rings is 1. The zero-order valence-electron chi connectivity index (χ0n) is 11.8. The highest BCUT2D eigenvalue weighted by atomic mass is 32.2. The second-order valence-corrected chi connectivity index (χ2v) is 8.34. The summed E-state index contributed by atoms with van der Waals surface area (Å²) in [6, 6.07) is 3.42. The van der Waals surface area contributed by atoms with Gasteiger partial charge in [-0.1, -0.05) is 0 Å². The fourth-order valence-corrected chi connectivity index (χ4v) is 4.79. The third-order valence-electron chi connectivity index (χ3n) is 3.55. The molecule has 2 heterocycles. The molecule has 1 saturated heterocycles. The molecular formula is C14H12F2N2O3S2. The number of halogens is 2. The third kappa shape index (κ3) is 3.56. The topological polar surface area (TPSA) is 76.1 Å². The predicted molar refractivity (Wildman–Crippen MR) is 82.9 cm³/mol. The average Bonchev–Trinajstić information content (AvgIpc) is 3.08. The fraction of sp³-hybridized carbons (Fsp3) is 0.286. The Hall–Kier alpha value is -1.87. The van der Waals surface area contributed by atoms with Gasteiger partial charge in [-0.3, -0.25) is 4.79 Å². The lowest BCUT2D eigenvalue weighted by Gasteiger charge is -2.06. The number of rotatable bonds is 3. The van der Waals surface area contributed by atoms with Crippen molar-refractivity contribution in [3.63, 3.8) is 0 Å². The Bertz CT molecular complexity index is 865. The maximum absolute atomic E-state index is 13.2. The Morgan fingerprint density at radius 3 is 2.74 bits per heavy atom. The number of nitrogens with zero attached hydrogens (tertiary/aromatic N) is 1. The van der Waals surface area contributed by atoms with Gasteiger partial charge in [0.2, 0.25) is 5.91 Å². The van der Waals surface area contributed by atoms with Crippen LogP contribution in [0.4, 0.5) is 13.9 Å². The molecule has 2 aromatic rings. The smallest absolute Gasteiger partial charge is 0.230 e. The van der Waals surface area contributed by atoms with Gasteiger partial charge >= 0.3 is 0 Å². The Morgan fingerprint density at radius 1 is 1.30 bits per heavy atom. The molecule has 1 aromatic heterocycles. The van der Waals surface area contributed by atoms with Crippen LogP contribution in [0.15, 0.2) is 23.6 Å². The first-order chi connectivity index (χ1) is 10.8. The fourth-order valence-electron chi connectivity index (χ4n) is 2.33. The van der Waals surface area contributed by atoms with Crippen molar-refractivity contribution in [1.82, 2.24) is 4.98 Å². The van der Waals surface area contributed by atoms with E-state index in [0.29, 0.717) is 22.8 Å². The lowest BCUT2D eigenvalue weighted by molar-refractivity contribution is -0.119. The number of hydrogen-bond donors (Lipinski definition) is 1. The highest BCUT2D eigenvalue weighted by Gasteiger charge is 2.33. The maximum Gasteiger partial charge on any atom is 0.230 e. The van der Waals surface area contributed by atoms with Crippen LogP contribution in [0, 0.1) is 17.6 Å². The van der Waals surface area contributed by atoms with E-state index in [9.17, 15) is 22.0 Å². The molecule has 9 heteroatoms. The molecule has 0 saturated carbocycles. The molecule has 5 nitrogen and oxygen atoms in total. The lowest BCUT2D eigenvalue weighted by Crippen LogP contribution is -2.23. The first kappa shape index (κ1) is 16.0. The molecule has 0 radical (unpaired) electrons. The van der Waals surface area contributed by atoms with Crippen LogP contribution in [0.2, 0.25) is 0 Å². The summed E-state index contributed by atoms with van der Waals surface area (Å²) >= 11 is 1.13. The number of carbonyl (C=O) groups excluding carboxylic acids is 1. The Kier molecular flexibility index (Phi) is 4.15. The zero-order valence-corrected chi connectivity index (χ0v) is 13.4. The van der Waals surface area contributed by atoms with E-state index >= 15 is 0 Å². The molecule has 1 aliphatic heterocycles. The first-order valence-corrected chi connectivity index (χ1v) is 9.46. The highest BCUT2D eigenvalue weighted by Crippen LogP contribution is 2.27. The monoisotopic (exact) mass is 358 g/mol. The van der Waals surface area contributed by atoms with E-state index in [1.54, 1.807) is 5.38 Å². The molecule has 0 bridgehead atoms. The van der Waals surface area contributed by atoms with Crippen LogP contribution >= 0.6 is 11.3 Å². The van der Waals surface area contributed by atoms with Crippen LogP contribution in [0.1, 0.15) is 6.42 Å². The third-order valence-corrected chi connectivity index (χ3v) is 6.08. The van der Waals surface area contributed by atoms with Crippen molar-refractivity contribution in [3.8, 4) is 11.3 Å². The van der Waals surface area contributed by atoms with Crippen LogP contribution in [-0.2, 0) is 14.6 Å². The van der Waals surface area contributed by atoms with Gasteiger partial charge in [-0.25, -0.2) is 22.2 Å². The number of aromatic nitrogens is 1. The normalized spacial score (nSPS) is 19.7. The molecule has 1 unspecified atom stereocenters. The molecule has 3 rings (SSSR count). The minimum atomic E-state index is -3.13. The largest absolute Gasteiger partial charge is 0.302 e. The Balaban J connectivity index is 1.72. The Labute approximate surface area is 135 Å². The maximum atomic E-state index is 13.2. The number of hydrogen-bond acceptors (Lipinski definition) is 5. The summed E-state index contributed by atoms with van der Waals surface area (Å²) in [5.41, 5.74) is 0.798. The number of anilines is 1. The van der Waals surface area contributed by atoms with E-state index in [1.807, 2.05) is 0 Å². The van der Waals surface area contributed by atoms with Crippen molar-refractivity contribution in [2.45, 2.75) is 6.42 Å². The summed E-state index contributed by atoms with van der Waals surface area (Å²) < 4.78 is 48.9. The van der Waals surface area contributed by atoms with Crippen LogP contribution in [0.3, 0.4) is 0 Å². The summed E-state index contributed by atoms with van der Waals surface area (Å²) in [7, 11) is -3.13. The van der Waals surface area contributed by atoms with Crippen molar-refractivity contribution < 1.29 is 22.0 Å². The van der Waals surface area contributed by atoms with Gasteiger partial charge in [0.15, 0.2) is 26.6 Å². The van der Waals surface area contributed by atoms with E-state index in [2.05, 4.69) is 10.3 Å². The molecule has 1 amide bonds. The summed E-state index contributed by atoms with van der Waals surface area (Å²) in [6.07, 6.45) is 0.301. The van der Waals surface area contributed by atoms with Crippen LogP contribution < -0.4 is 5.32 Å². The lowest BCUT2D eigenvalue weighted by atomic mass is 10.1. The number of thiazole rings is 1. The number of nitrogens with one attached hydrogen (secondary N) is 1. The minimum Gasteiger partial charge on any atom is -0.302 e. The van der Waals surface area contributed by atoms with Crippen molar-refractivity contribution >= 4 is 32.2 Å². The van der Waals surface area contributed by atoms with Gasteiger partial charge in [-0.2, -0.15) is 0 Å². The first-order valence-electron chi connectivity index (χ1n) is 6.76. The van der Waals surface area contributed by atoms with E-state index in [1.165, 1.54) is 6.07 Å². The van der Waals surface area contributed by atoms with Gasteiger partial charge in [0.05, 0.1) is 23.1 Å².